The smallest absolute Gasteiger partial charge is 0.0169 e. The van der Waals surface area contributed by atoms with E-state index in [1.807, 2.05) is 6.92 Å². The fourth-order valence-corrected chi connectivity index (χ4v) is 1.02. The molecule has 0 bridgehead atoms. The monoisotopic (exact) mass is 190 g/mol. The molecule has 0 unspecified atom stereocenters. The SMILES string of the molecule is CC=CCC=CCC=CCC=CCC. The Hall–Kier alpha value is -1.04. The van der Waals surface area contributed by atoms with Gasteiger partial charge in [-0.05, 0) is 32.6 Å². The van der Waals surface area contributed by atoms with Gasteiger partial charge in [-0.3, -0.25) is 0 Å². The minimum atomic E-state index is 1.05. The van der Waals surface area contributed by atoms with Crippen LogP contribution in [0.25, 0.3) is 0 Å². The number of hydrogen-bond donors (Lipinski definition) is 0. The third-order valence-electron chi connectivity index (χ3n) is 1.79. The standard InChI is InChI=1S/C14H22/c1-3-5-7-9-11-13-14-12-10-8-6-4-2/h3,5-6,8-9,11-12,14H,4,7,10,13H2,1-2H3. The van der Waals surface area contributed by atoms with Crippen molar-refractivity contribution in [2.24, 2.45) is 0 Å². The predicted molar refractivity (Wildman–Crippen MR) is 66.4 cm³/mol. The summed E-state index contributed by atoms with van der Waals surface area (Å²) in [6, 6.07) is 0. The molecule has 0 N–H and O–H groups in total. The molecule has 0 spiro atoms. The van der Waals surface area contributed by atoms with Gasteiger partial charge in [0.05, 0.1) is 0 Å². The van der Waals surface area contributed by atoms with Gasteiger partial charge < -0.3 is 0 Å². The van der Waals surface area contributed by atoms with Gasteiger partial charge in [-0.15, -0.1) is 0 Å². The molecule has 0 fully saturated rings. The maximum absolute atomic E-state index is 2.21. The summed E-state index contributed by atoms with van der Waals surface area (Å²) >= 11 is 0. The quantitative estimate of drug-likeness (QED) is 0.505. The van der Waals surface area contributed by atoms with Crippen LogP contribution in [0.2, 0.25) is 0 Å². The largest absolute Gasteiger partial charge is 0.0914 e. The second-order valence-electron chi connectivity index (χ2n) is 3.10. The molecule has 0 radical (unpaired) electrons. The Balaban J connectivity index is 3.34. The summed E-state index contributed by atoms with van der Waals surface area (Å²) in [5.74, 6) is 0. The minimum absolute atomic E-state index is 1.05. The van der Waals surface area contributed by atoms with Crippen molar-refractivity contribution in [3.05, 3.63) is 48.6 Å². The first-order chi connectivity index (χ1) is 6.91. The molecular weight excluding hydrogens is 168 g/mol. The molecule has 0 aliphatic carbocycles. The molecule has 14 heavy (non-hydrogen) atoms. The summed E-state index contributed by atoms with van der Waals surface area (Å²) in [6.07, 6.45) is 21.8. The summed E-state index contributed by atoms with van der Waals surface area (Å²) in [5.41, 5.74) is 0. The Bertz CT molecular complexity index is 204. The second-order valence-corrected chi connectivity index (χ2v) is 3.10. The minimum Gasteiger partial charge on any atom is -0.0914 e. The highest BCUT2D eigenvalue weighted by Gasteiger charge is 1.72. The molecule has 0 aromatic carbocycles. The van der Waals surface area contributed by atoms with Crippen molar-refractivity contribution in [3.63, 3.8) is 0 Å². The van der Waals surface area contributed by atoms with Crippen molar-refractivity contribution >= 4 is 0 Å². The summed E-state index contributed by atoms with van der Waals surface area (Å²) in [6.45, 7) is 4.21. The van der Waals surface area contributed by atoms with Crippen molar-refractivity contribution in [3.8, 4) is 0 Å². The fourth-order valence-electron chi connectivity index (χ4n) is 1.02. The van der Waals surface area contributed by atoms with E-state index < -0.39 is 0 Å². The third-order valence-corrected chi connectivity index (χ3v) is 1.79. The van der Waals surface area contributed by atoms with E-state index in [1.165, 1.54) is 0 Å². The lowest BCUT2D eigenvalue weighted by atomic mass is 10.2. The zero-order chi connectivity index (χ0) is 10.5. The first-order valence-corrected chi connectivity index (χ1v) is 5.48. The van der Waals surface area contributed by atoms with Crippen LogP contribution in [0.15, 0.2) is 48.6 Å². The van der Waals surface area contributed by atoms with E-state index in [0.29, 0.717) is 0 Å². The molecule has 0 saturated heterocycles. The van der Waals surface area contributed by atoms with Gasteiger partial charge in [-0.2, -0.15) is 0 Å². The lowest BCUT2D eigenvalue weighted by Gasteiger charge is -1.83. The van der Waals surface area contributed by atoms with Gasteiger partial charge in [-0.25, -0.2) is 0 Å². The van der Waals surface area contributed by atoms with E-state index in [-0.39, 0.29) is 0 Å². The highest BCUT2D eigenvalue weighted by atomic mass is 13.8. The third kappa shape index (κ3) is 11.0. The van der Waals surface area contributed by atoms with Crippen LogP contribution in [0, 0.1) is 0 Å². The van der Waals surface area contributed by atoms with Gasteiger partial charge in [0, 0.05) is 0 Å². The Morgan fingerprint density at radius 2 is 1.07 bits per heavy atom. The molecule has 0 aromatic heterocycles. The van der Waals surface area contributed by atoms with Gasteiger partial charge in [0.15, 0.2) is 0 Å². The van der Waals surface area contributed by atoms with Crippen LogP contribution >= 0.6 is 0 Å². The fraction of sp³-hybridized carbons (Fsp3) is 0.429. The topological polar surface area (TPSA) is 0 Å². The van der Waals surface area contributed by atoms with Crippen LogP contribution in [0.4, 0.5) is 0 Å². The first kappa shape index (κ1) is 13.0. The number of allylic oxidation sites excluding steroid dienone is 8. The predicted octanol–water partition coefficient (Wildman–Crippen LogP) is 4.81. The highest BCUT2D eigenvalue weighted by molar-refractivity contribution is 4.98. The van der Waals surface area contributed by atoms with E-state index in [2.05, 4.69) is 55.5 Å². The Kier molecular flexibility index (Phi) is 11.1. The molecule has 0 atom stereocenters. The summed E-state index contributed by atoms with van der Waals surface area (Å²) in [7, 11) is 0. The van der Waals surface area contributed by atoms with Crippen LogP contribution in [0.3, 0.4) is 0 Å². The zero-order valence-corrected chi connectivity index (χ0v) is 9.45. The number of rotatable bonds is 7. The molecule has 0 heteroatoms. The molecule has 78 valence electrons. The average Bonchev–Trinajstić information content (AvgIpc) is 2.21. The van der Waals surface area contributed by atoms with E-state index >= 15 is 0 Å². The lowest BCUT2D eigenvalue weighted by Crippen LogP contribution is -1.62. The Labute approximate surface area is 88.7 Å². The maximum Gasteiger partial charge on any atom is -0.0169 e. The van der Waals surface area contributed by atoms with Crippen molar-refractivity contribution in [2.45, 2.75) is 39.5 Å². The maximum atomic E-state index is 2.21. The van der Waals surface area contributed by atoms with Gasteiger partial charge >= 0.3 is 0 Å². The lowest BCUT2D eigenvalue weighted by molar-refractivity contribution is 1.19. The molecule has 0 amide bonds. The van der Waals surface area contributed by atoms with Crippen LogP contribution in [-0.4, -0.2) is 0 Å². The summed E-state index contributed by atoms with van der Waals surface area (Å²) in [5, 5.41) is 0. The average molecular weight is 190 g/mol. The second kappa shape index (κ2) is 12.0. The van der Waals surface area contributed by atoms with Gasteiger partial charge in [0.25, 0.3) is 0 Å². The van der Waals surface area contributed by atoms with Crippen LogP contribution < -0.4 is 0 Å². The van der Waals surface area contributed by atoms with Crippen molar-refractivity contribution in [1.29, 1.82) is 0 Å². The van der Waals surface area contributed by atoms with Gasteiger partial charge in [0.2, 0.25) is 0 Å². The zero-order valence-electron chi connectivity index (χ0n) is 9.45. The van der Waals surface area contributed by atoms with Crippen molar-refractivity contribution in [1.82, 2.24) is 0 Å². The van der Waals surface area contributed by atoms with E-state index in [0.717, 1.165) is 25.7 Å². The van der Waals surface area contributed by atoms with Gasteiger partial charge in [-0.1, -0.05) is 55.5 Å². The first-order valence-electron chi connectivity index (χ1n) is 5.48. The Morgan fingerprint density at radius 1 is 0.643 bits per heavy atom. The Morgan fingerprint density at radius 3 is 1.50 bits per heavy atom. The normalized spacial score (nSPS) is 13.0. The molecule has 0 nitrogen and oxygen atoms in total. The molecule has 0 rings (SSSR count). The number of hydrogen-bond acceptors (Lipinski definition) is 0. The summed E-state index contributed by atoms with van der Waals surface area (Å²) < 4.78 is 0. The molecular formula is C14H22. The molecule has 0 saturated carbocycles. The van der Waals surface area contributed by atoms with Crippen LogP contribution in [0.5, 0.6) is 0 Å². The van der Waals surface area contributed by atoms with Gasteiger partial charge in [0.1, 0.15) is 0 Å². The molecule has 0 aromatic rings. The van der Waals surface area contributed by atoms with Crippen molar-refractivity contribution < 1.29 is 0 Å². The molecule has 0 aliphatic heterocycles. The van der Waals surface area contributed by atoms with E-state index in [9.17, 15) is 0 Å². The van der Waals surface area contributed by atoms with E-state index in [4.69, 9.17) is 0 Å². The van der Waals surface area contributed by atoms with Crippen molar-refractivity contribution in [2.75, 3.05) is 0 Å². The highest BCUT2D eigenvalue weighted by Crippen LogP contribution is 1.93. The molecule has 0 heterocycles. The van der Waals surface area contributed by atoms with Crippen LogP contribution in [-0.2, 0) is 0 Å². The summed E-state index contributed by atoms with van der Waals surface area (Å²) in [4.78, 5) is 0. The molecule has 0 aliphatic rings. The van der Waals surface area contributed by atoms with Crippen LogP contribution in [0.1, 0.15) is 39.5 Å². The van der Waals surface area contributed by atoms with E-state index in [1.54, 1.807) is 0 Å².